The summed E-state index contributed by atoms with van der Waals surface area (Å²) in [7, 11) is 0. The molecule has 2 amide bonds. The highest BCUT2D eigenvalue weighted by atomic mass is 35.5. The van der Waals surface area contributed by atoms with Crippen molar-refractivity contribution in [1.29, 1.82) is 0 Å². The number of halogens is 3. The summed E-state index contributed by atoms with van der Waals surface area (Å²) in [5.41, 5.74) is 0.581. The van der Waals surface area contributed by atoms with Crippen molar-refractivity contribution in [3.8, 4) is 0 Å². The van der Waals surface area contributed by atoms with Crippen molar-refractivity contribution in [2.45, 2.75) is 26.1 Å². The predicted octanol–water partition coefficient (Wildman–Crippen LogP) is 4.63. The van der Waals surface area contributed by atoms with E-state index in [1.165, 1.54) is 6.07 Å². The SMILES string of the molecule is C[C@@H]1CN(C(=O)c2ccccc2NC(=O)c2cc(F)c(Cl)cc2Cl)C[C@H](C)O1. The molecule has 0 radical (unpaired) electrons. The summed E-state index contributed by atoms with van der Waals surface area (Å²) in [5, 5.41) is 2.49. The van der Waals surface area contributed by atoms with Crippen molar-refractivity contribution in [3.63, 3.8) is 0 Å². The number of nitrogens with zero attached hydrogens (tertiary/aromatic N) is 1. The molecule has 0 aromatic heterocycles. The smallest absolute Gasteiger partial charge is 0.257 e. The van der Waals surface area contributed by atoms with Gasteiger partial charge in [-0.25, -0.2) is 4.39 Å². The van der Waals surface area contributed by atoms with E-state index in [9.17, 15) is 14.0 Å². The molecular formula is C20H19Cl2FN2O3. The topological polar surface area (TPSA) is 58.6 Å². The average Bonchev–Trinajstić information content (AvgIpc) is 2.63. The maximum Gasteiger partial charge on any atom is 0.257 e. The Morgan fingerprint density at radius 1 is 1.07 bits per heavy atom. The second kappa shape index (κ2) is 8.47. The standard InChI is InChI=1S/C20H19Cl2FN2O3/c1-11-9-25(10-12(2)28-11)20(27)13-5-3-4-6-18(13)24-19(26)14-7-17(23)16(22)8-15(14)21/h3-8,11-12H,9-10H2,1-2H3,(H,24,26)/t11-,12+. The zero-order valence-corrected chi connectivity index (χ0v) is 16.9. The fraction of sp³-hybridized carbons (Fsp3) is 0.300. The van der Waals surface area contributed by atoms with Crippen molar-refractivity contribution in [1.82, 2.24) is 4.90 Å². The van der Waals surface area contributed by atoms with E-state index in [-0.39, 0.29) is 33.7 Å². The number of carbonyl (C=O) groups is 2. The number of para-hydroxylation sites is 1. The molecule has 1 aliphatic rings. The molecule has 1 fully saturated rings. The van der Waals surface area contributed by atoms with Crippen LogP contribution in [0.1, 0.15) is 34.6 Å². The third-order valence-corrected chi connectivity index (χ3v) is 4.97. The monoisotopic (exact) mass is 424 g/mol. The van der Waals surface area contributed by atoms with Crippen LogP contribution in [0.4, 0.5) is 10.1 Å². The van der Waals surface area contributed by atoms with E-state index < -0.39 is 11.7 Å². The van der Waals surface area contributed by atoms with Gasteiger partial charge in [0.1, 0.15) is 5.82 Å². The number of anilines is 1. The van der Waals surface area contributed by atoms with Gasteiger partial charge in [-0.2, -0.15) is 0 Å². The third-order valence-electron chi connectivity index (χ3n) is 4.37. The minimum absolute atomic E-state index is 0.0172. The molecule has 8 heteroatoms. The lowest BCUT2D eigenvalue weighted by Crippen LogP contribution is -2.48. The largest absolute Gasteiger partial charge is 0.372 e. The van der Waals surface area contributed by atoms with Gasteiger partial charge in [-0.1, -0.05) is 35.3 Å². The second-order valence-electron chi connectivity index (χ2n) is 6.71. The molecule has 0 aliphatic carbocycles. The highest BCUT2D eigenvalue weighted by Crippen LogP contribution is 2.26. The van der Waals surface area contributed by atoms with Crippen LogP contribution in [0.5, 0.6) is 0 Å². The van der Waals surface area contributed by atoms with Crippen LogP contribution in [0.3, 0.4) is 0 Å². The first-order valence-electron chi connectivity index (χ1n) is 8.76. The van der Waals surface area contributed by atoms with Crippen molar-refractivity contribution in [2.75, 3.05) is 18.4 Å². The first kappa shape index (κ1) is 20.6. The lowest BCUT2D eigenvalue weighted by Gasteiger charge is -2.35. The van der Waals surface area contributed by atoms with E-state index in [1.54, 1.807) is 29.2 Å². The van der Waals surface area contributed by atoms with E-state index in [0.717, 1.165) is 6.07 Å². The first-order valence-corrected chi connectivity index (χ1v) is 9.51. The van der Waals surface area contributed by atoms with Gasteiger partial charge >= 0.3 is 0 Å². The first-order chi connectivity index (χ1) is 13.3. The van der Waals surface area contributed by atoms with Crippen molar-refractivity contribution in [2.24, 2.45) is 0 Å². The van der Waals surface area contributed by atoms with E-state index in [0.29, 0.717) is 24.3 Å². The average molecular weight is 425 g/mol. The Morgan fingerprint density at radius 3 is 2.39 bits per heavy atom. The summed E-state index contributed by atoms with van der Waals surface area (Å²) in [6.45, 7) is 4.72. The van der Waals surface area contributed by atoms with E-state index in [1.807, 2.05) is 13.8 Å². The molecule has 0 saturated carbocycles. The number of rotatable bonds is 3. The predicted molar refractivity (Wildman–Crippen MR) is 107 cm³/mol. The summed E-state index contributed by atoms with van der Waals surface area (Å²) < 4.78 is 19.4. The number of carbonyl (C=O) groups excluding carboxylic acids is 2. The number of morpholine rings is 1. The van der Waals surface area contributed by atoms with Gasteiger partial charge in [0, 0.05) is 13.1 Å². The molecule has 1 saturated heterocycles. The quantitative estimate of drug-likeness (QED) is 0.730. The third kappa shape index (κ3) is 4.46. The van der Waals surface area contributed by atoms with Crippen LogP contribution in [0.15, 0.2) is 36.4 Å². The Morgan fingerprint density at radius 2 is 1.71 bits per heavy atom. The highest BCUT2D eigenvalue weighted by molar-refractivity contribution is 6.37. The van der Waals surface area contributed by atoms with Crippen LogP contribution >= 0.6 is 23.2 Å². The lowest BCUT2D eigenvalue weighted by molar-refractivity contribution is -0.0585. The molecule has 148 valence electrons. The summed E-state index contributed by atoms with van der Waals surface area (Å²) in [6.07, 6.45) is -0.157. The Bertz CT molecular complexity index is 912. The normalized spacial score (nSPS) is 19.4. The van der Waals surface area contributed by atoms with Crippen molar-refractivity contribution < 1.29 is 18.7 Å². The van der Waals surface area contributed by atoms with E-state index in [4.69, 9.17) is 27.9 Å². The van der Waals surface area contributed by atoms with Crippen LogP contribution in [0, 0.1) is 5.82 Å². The molecule has 3 rings (SSSR count). The molecular weight excluding hydrogens is 406 g/mol. The fourth-order valence-electron chi connectivity index (χ4n) is 3.18. The maximum absolute atomic E-state index is 13.7. The van der Waals surface area contributed by atoms with Crippen LogP contribution in [0.25, 0.3) is 0 Å². The molecule has 0 unspecified atom stereocenters. The van der Waals surface area contributed by atoms with Gasteiger partial charge in [-0.15, -0.1) is 0 Å². The lowest BCUT2D eigenvalue weighted by atomic mass is 10.1. The molecule has 1 N–H and O–H groups in total. The highest BCUT2D eigenvalue weighted by Gasteiger charge is 2.28. The molecule has 0 bridgehead atoms. The van der Waals surface area contributed by atoms with E-state index >= 15 is 0 Å². The minimum atomic E-state index is -0.753. The summed E-state index contributed by atoms with van der Waals surface area (Å²) in [6, 6.07) is 8.79. The fourth-order valence-corrected chi connectivity index (χ4v) is 3.65. The summed E-state index contributed by atoms with van der Waals surface area (Å²) in [5.74, 6) is -1.60. The van der Waals surface area contributed by atoms with Gasteiger partial charge in [-0.05, 0) is 38.1 Å². The van der Waals surface area contributed by atoms with Crippen molar-refractivity contribution in [3.05, 3.63) is 63.4 Å². The van der Waals surface area contributed by atoms with Gasteiger partial charge in [0.25, 0.3) is 11.8 Å². The van der Waals surface area contributed by atoms with Gasteiger partial charge < -0.3 is 15.0 Å². The molecule has 1 aliphatic heterocycles. The Balaban J connectivity index is 1.85. The zero-order chi connectivity index (χ0) is 20.4. The van der Waals surface area contributed by atoms with E-state index in [2.05, 4.69) is 5.32 Å². The molecule has 2 aromatic carbocycles. The molecule has 28 heavy (non-hydrogen) atoms. The zero-order valence-electron chi connectivity index (χ0n) is 15.3. The molecule has 1 heterocycles. The van der Waals surface area contributed by atoms with Crippen molar-refractivity contribution >= 4 is 40.7 Å². The van der Waals surface area contributed by atoms with Crippen LogP contribution in [-0.4, -0.2) is 42.0 Å². The molecule has 0 spiro atoms. The van der Waals surface area contributed by atoms with Gasteiger partial charge in [0.2, 0.25) is 0 Å². The van der Waals surface area contributed by atoms with Crippen LogP contribution in [0.2, 0.25) is 10.0 Å². The van der Waals surface area contributed by atoms with Gasteiger partial charge in [0.15, 0.2) is 0 Å². The summed E-state index contributed by atoms with van der Waals surface area (Å²) in [4.78, 5) is 27.3. The van der Waals surface area contributed by atoms with Crippen LogP contribution < -0.4 is 5.32 Å². The molecule has 2 aromatic rings. The number of ether oxygens (including phenoxy) is 1. The van der Waals surface area contributed by atoms with Crippen LogP contribution in [-0.2, 0) is 4.74 Å². The number of amides is 2. The number of nitrogens with one attached hydrogen (secondary N) is 1. The number of hydrogen-bond donors (Lipinski definition) is 1. The Hall–Kier alpha value is -2.15. The second-order valence-corrected chi connectivity index (χ2v) is 7.53. The maximum atomic E-state index is 13.7. The number of hydrogen-bond acceptors (Lipinski definition) is 3. The molecule has 2 atom stereocenters. The van der Waals surface area contributed by atoms with Gasteiger partial charge in [-0.3, -0.25) is 9.59 Å². The number of benzene rings is 2. The van der Waals surface area contributed by atoms with Gasteiger partial charge in [0.05, 0.1) is 39.1 Å². The Labute approximate surface area is 172 Å². The summed E-state index contributed by atoms with van der Waals surface area (Å²) >= 11 is 11.7. The minimum Gasteiger partial charge on any atom is -0.372 e. The Kier molecular flexibility index (Phi) is 6.23. The molecule has 5 nitrogen and oxygen atoms in total.